The third-order valence-corrected chi connectivity index (χ3v) is 3.41. The average Bonchev–Trinajstić information content (AvgIpc) is 2.86. The van der Waals surface area contributed by atoms with E-state index >= 15 is 0 Å². The Balaban J connectivity index is 1.90. The Morgan fingerprint density at radius 3 is 2.82 bits per heavy atom. The number of hydrogen-bond donors (Lipinski definition) is 1. The van der Waals surface area contributed by atoms with E-state index in [-0.39, 0.29) is 6.04 Å². The highest BCUT2D eigenvalue weighted by atomic mass is 16.5. The van der Waals surface area contributed by atoms with Crippen molar-refractivity contribution in [2.24, 2.45) is 5.73 Å². The molecule has 0 saturated carbocycles. The first-order valence-electron chi connectivity index (χ1n) is 6.44. The zero-order chi connectivity index (χ0) is 12.1. The number of hydrogen-bond acceptors (Lipinski definition) is 4. The Kier molecular flexibility index (Phi) is 4.59. The fourth-order valence-corrected chi connectivity index (χ4v) is 2.52. The lowest BCUT2D eigenvalue weighted by Crippen LogP contribution is -2.41. The summed E-state index contributed by atoms with van der Waals surface area (Å²) in [4.78, 5) is 2.40. The Morgan fingerprint density at radius 1 is 1.53 bits per heavy atom. The molecular weight excluding hydrogens is 216 g/mol. The van der Waals surface area contributed by atoms with Gasteiger partial charge in [-0.15, -0.1) is 0 Å². The molecule has 96 valence electrons. The van der Waals surface area contributed by atoms with E-state index in [1.807, 2.05) is 12.1 Å². The molecule has 2 heterocycles. The Morgan fingerprint density at radius 2 is 2.29 bits per heavy atom. The fourth-order valence-electron chi connectivity index (χ4n) is 2.52. The van der Waals surface area contributed by atoms with Gasteiger partial charge in [-0.1, -0.05) is 0 Å². The molecule has 1 atom stereocenters. The van der Waals surface area contributed by atoms with Crippen LogP contribution in [0.1, 0.15) is 31.6 Å². The summed E-state index contributed by atoms with van der Waals surface area (Å²) in [6, 6.07) is 4.14. The topological polar surface area (TPSA) is 51.6 Å². The first kappa shape index (κ1) is 12.6. The third-order valence-electron chi connectivity index (χ3n) is 3.41. The molecular formula is C13H22N2O2. The monoisotopic (exact) mass is 238 g/mol. The van der Waals surface area contributed by atoms with E-state index in [4.69, 9.17) is 14.9 Å². The Hall–Kier alpha value is -0.840. The molecule has 2 rings (SSSR count). The molecule has 0 aliphatic carbocycles. The summed E-state index contributed by atoms with van der Waals surface area (Å²) in [5.74, 6) is 0.974. The van der Waals surface area contributed by atoms with E-state index in [1.165, 1.54) is 0 Å². The lowest BCUT2D eigenvalue weighted by molar-refractivity contribution is 0.00225. The SMILES string of the molecule is CCOC1CCN(C(CN)c2ccco2)CC1. The molecule has 4 nitrogen and oxygen atoms in total. The first-order chi connectivity index (χ1) is 8.35. The summed E-state index contributed by atoms with van der Waals surface area (Å²) < 4.78 is 11.1. The quantitative estimate of drug-likeness (QED) is 0.849. The van der Waals surface area contributed by atoms with Crippen molar-refractivity contribution in [1.82, 2.24) is 4.90 Å². The molecule has 0 spiro atoms. The van der Waals surface area contributed by atoms with Crippen molar-refractivity contribution < 1.29 is 9.15 Å². The van der Waals surface area contributed by atoms with Crippen molar-refractivity contribution >= 4 is 0 Å². The molecule has 1 aliphatic heterocycles. The van der Waals surface area contributed by atoms with Crippen LogP contribution in [0.5, 0.6) is 0 Å². The highest BCUT2D eigenvalue weighted by Crippen LogP contribution is 2.25. The number of furan rings is 1. The van der Waals surface area contributed by atoms with E-state index in [9.17, 15) is 0 Å². The van der Waals surface area contributed by atoms with Gasteiger partial charge < -0.3 is 14.9 Å². The normalized spacial score (nSPS) is 20.6. The van der Waals surface area contributed by atoms with Crippen LogP contribution in [0.25, 0.3) is 0 Å². The molecule has 1 unspecified atom stereocenters. The smallest absolute Gasteiger partial charge is 0.122 e. The van der Waals surface area contributed by atoms with Gasteiger partial charge in [0.05, 0.1) is 18.4 Å². The van der Waals surface area contributed by atoms with E-state index in [0.29, 0.717) is 12.6 Å². The summed E-state index contributed by atoms with van der Waals surface area (Å²) in [6.45, 7) is 5.54. The minimum absolute atomic E-state index is 0.215. The lowest BCUT2D eigenvalue weighted by atomic mass is 10.0. The van der Waals surface area contributed by atoms with Crippen molar-refractivity contribution in [1.29, 1.82) is 0 Å². The molecule has 1 aliphatic rings. The number of nitrogens with zero attached hydrogens (tertiary/aromatic N) is 1. The minimum Gasteiger partial charge on any atom is -0.468 e. The maximum absolute atomic E-state index is 5.86. The van der Waals surface area contributed by atoms with E-state index in [2.05, 4.69) is 11.8 Å². The molecule has 4 heteroatoms. The van der Waals surface area contributed by atoms with Gasteiger partial charge in [0.1, 0.15) is 5.76 Å². The zero-order valence-electron chi connectivity index (χ0n) is 10.5. The van der Waals surface area contributed by atoms with E-state index in [1.54, 1.807) is 6.26 Å². The minimum atomic E-state index is 0.215. The second-order valence-corrected chi connectivity index (χ2v) is 4.46. The summed E-state index contributed by atoms with van der Waals surface area (Å²) in [5.41, 5.74) is 5.86. The van der Waals surface area contributed by atoms with Crippen LogP contribution >= 0.6 is 0 Å². The van der Waals surface area contributed by atoms with Crippen molar-refractivity contribution in [3.63, 3.8) is 0 Å². The van der Waals surface area contributed by atoms with Crippen LogP contribution in [0.2, 0.25) is 0 Å². The number of nitrogens with two attached hydrogens (primary N) is 1. The van der Waals surface area contributed by atoms with Gasteiger partial charge in [0.25, 0.3) is 0 Å². The van der Waals surface area contributed by atoms with Crippen LogP contribution < -0.4 is 5.73 Å². The van der Waals surface area contributed by atoms with Gasteiger partial charge in [0, 0.05) is 26.2 Å². The molecule has 2 N–H and O–H groups in total. The maximum atomic E-state index is 5.86. The van der Waals surface area contributed by atoms with Gasteiger partial charge in [0.2, 0.25) is 0 Å². The molecule has 1 fully saturated rings. The van der Waals surface area contributed by atoms with Crippen molar-refractivity contribution in [3.8, 4) is 0 Å². The van der Waals surface area contributed by atoms with Gasteiger partial charge in [-0.05, 0) is 31.9 Å². The van der Waals surface area contributed by atoms with Crippen LogP contribution in [0, 0.1) is 0 Å². The molecule has 1 saturated heterocycles. The van der Waals surface area contributed by atoms with Crippen LogP contribution in [0.15, 0.2) is 22.8 Å². The summed E-state index contributed by atoms with van der Waals surface area (Å²) in [6.07, 6.45) is 4.31. The summed E-state index contributed by atoms with van der Waals surface area (Å²) in [5, 5.41) is 0. The molecule has 1 aromatic heterocycles. The zero-order valence-corrected chi connectivity index (χ0v) is 10.5. The predicted octanol–water partition coefficient (Wildman–Crippen LogP) is 1.78. The molecule has 0 amide bonds. The third kappa shape index (κ3) is 3.09. The lowest BCUT2D eigenvalue weighted by Gasteiger charge is -2.36. The highest BCUT2D eigenvalue weighted by molar-refractivity contribution is 5.05. The number of rotatable bonds is 5. The number of piperidine rings is 1. The van der Waals surface area contributed by atoms with Crippen LogP contribution in [0.4, 0.5) is 0 Å². The molecule has 0 radical (unpaired) electrons. The van der Waals surface area contributed by atoms with E-state index in [0.717, 1.165) is 38.3 Å². The van der Waals surface area contributed by atoms with Gasteiger partial charge in [-0.3, -0.25) is 4.90 Å². The van der Waals surface area contributed by atoms with Gasteiger partial charge in [-0.25, -0.2) is 0 Å². The van der Waals surface area contributed by atoms with Crippen molar-refractivity contribution in [2.75, 3.05) is 26.2 Å². The standard InChI is InChI=1S/C13H22N2O2/c1-2-16-11-5-7-15(8-6-11)12(10-14)13-4-3-9-17-13/h3-4,9,11-12H,2,5-8,10,14H2,1H3. The highest BCUT2D eigenvalue weighted by Gasteiger charge is 2.26. The number of ether oxygens (including phenoxy) is 1. The second-order valence-electron chi connectivity index (χ2n) is 4.46. The van der Waals surface area contributed by atoms with Gasteiger partial charge in [0.15, 0.2) is 0 Å². The summed E-state index contributed by atoms with van der Waals surface area (Å²) >= 11 is 0. The first-order valence-corrected chi connectivity index (χ1v) is 6.44. The molecule has 0 aromatic carbocycles. The van der Waals surface area contributed by atoms with Crippen LogP contribution in [-0.4, -0.2) is 37.2 Å². The largest absolute Gasteiger partial charge is 0.468 e. The predicted molar refractivity (Wildman–Crippen MR) is 66.7 cm³/mol. The van der Waals surface area contributed by atoms with E-state index < -0.39 is 0 Å². The molecule has 0 bridgehead atoms. The van der Waals surface area contributed by atoms with Crippen LogP contribution in [0.3, 0.4) is 0 Å². The van der Waals surface area contributed by atoms with Crippen LogP contribution in [-0.2, 0) is 4.74 Å². The second kappa shape index (κ2) is 6.19. The average molecular weight is 238 g/mol. The van der Waals surface area contributed by atoms with Gasteiger partial charge in [-0.2, -0.15) is 0 Å². The molecule has 17 heavy (non-hydrogen) atoms. The maximum Gasteiger partial charge on any atom is 0.122 e. The van der Waals surface area contributed by atoms with Gasteiger partial charge >= 0.3 is 0 Å². The van der Waals surface area contributed by atoms with Crippen molar-refractivity contribution in [3.05, 3.63) is 24.2 Å². The summed E-state index contributed by atoms with van der Waals surface area (Å²) in [7, 11) is 0. The Labute approximate surface area is 103 Å². The van der Waals surface area contributed by atoms with Crippen molar-refractivity contribution in [2.45, 2.75) is 31.9 Å². The Bertz CT molecular complexity index is 305. The fraction of sp³-hybridized carbons (Fsp3) is 0.692. The molecule has 1 aromatic rings. The number of likely N-dealkylation sites (tertiary alicyclic amines) is 1.